The van der Waals surface area contributed by atoms with Crippen molar-refractivity contribution in [3.05, 3.63) is 78.1 Å². The Balaban J connectivity index is 1.68. The number of fused-ring (bicyclic) bond motifs is 1. The number of H-pyrrole nitrogens is 1. The number of rotatable bonds is 8. The predicted molar refractivity (Wildman–Crippen MR) is 102 cm³/mol. The maximum Gasteiger partial charge on any atom is 0.302 e. The van der Waals surface area contributed by atoms with Crippen LogP contribution in [0.15, 0.2) is 66.7 Å². The smallest absolute Gasteiger partial charge is 0.302 e. The monoisotopic (exact) mass is 349 g/mol. The summed E-state index contributed by atoms with van der Waals surface area (Å²) in [6, 6.07) is 18.4. The average Bonchev–Trinajstić information content (AvgIpc) is 3.04. The van der Waals surface area contributed by atoms with E-state index in [0.29, 0.717) is 13.2 Å². The van der Waals surface area contributed by atoms with Gasteiger partial charge in [-0.2, -0.15) is 0 Å². The Morgan fingerprint density at radius 1 is 1.08 bits per heavy atom. The molecule has 0 amide bonds. The zero-order chi connectivity index (χ0) is 18.2. The lowest BCUT2D eigenvalue weighted by molar-refractivity contribution is -0.139. The van der Waals surface area contributed by atoms with E-state index >= 15 is 0 Å². The highest BCUT2D eigenvalue weighted by Crippen LogP contribution is 2.13. The highest BCUT2D eigenvalue weighted by atomic mass is 16.5. The van der Waals surface area contributed by atoms with Crippen molar-refractivity contribution in [2.75, 3.05) is 13.2 Å². The summed E-state index contributed by atoms with van der Waals surface area (Å²) >= 11 is 0. The summed E-state index contributed by atoms with van der Waals surface area (Å²) < 4.78 is 4.94. The summed E-state index contributed by atoms with van der Waals surface area (Å²) in [5.74, 6) is 0.675. The van der Waals surface area contributed by atoms with E-state index in [4.69, 9.17) is 4.74 Å². The lowest BCUT2D eigenvalue weighted by atomic mass is 10.2. The quantitative estimate of drug-likeness (QED) is 0.498. The Morgan fingerprint density at radius 3 is 2.62 bits per heavy atom. The van der Waals surface area contributed by atoms with Crippen LogP contribution in [0.4, 0.5) is 0 Å². The molecule has 1 aromatic heterocycles. The number of hydrogen-bond acceptors (Lipinski definition) is 4. The number of para-hydroxylation sites is 2. The van der Waals surface area contributed by atoms with Gasteiger partial charge in [0, 0.05) is 20.0 Å². The van der Waals surface area contributed by atoms with Gasteiger partial charge in [-0.15, -0.1) is 0 Å². The molecule has 0 aliphatic heterocycles. The van der Waals surface area contributed by atoms with Crippen LogP contribution in [0, 0.1) is 0 Å². The van der Waals surface area contributed by atoms with Gasteiger partial charge in [0.05, 0.1) is 17.6 Å². The van der Waals surface area contributed by atoms with Crippen molar-refractivity contribution >= 4 is 17.0 Å². The SMILES string of the molecule is CC(=O)OCC=CCN(Cc1ccccc1)Cc1nc2ccccc2[nH]1. The fraction of sp³-hybridized carbons (Fsp3) is 0.238. The van der Waals surface area contributed by atoms with Gasteiger partial charge in [0.1, 0.15) is 12.4 Å². The number of nitrogens with zero attached hydrogens (tertiary/aromatic N) is 2. The standard InChI is InChI=1S/C21H23N3O2/c1-17(25)26-14-8-7-13-24(15-18-9-3-2-4-10-18)16-21-22-19-11-5-6-12-20(19)23-21/h2-12H,13-16H2,1H3,(H,22,23). The van der Waals surface area contributed by atoms with Crippen LogP contribution in [0.3, 0.4) is 0 Å². The molecule has 0 saturated carbocycles. The number of esters is 1. The van der Waals surface area contributed by atoms with Gasteiger partial charge >= 0.3 is 5.97 Å². The van der Waals surface area contributed by atoms with Gasteiger partial charge in [0.2, 0.25) is 0 Å². The maximum absolute atomic E-state index is 10.8. The lowest BCUT2D eigenvalue weighted by Gasteiger charge is -2.19. The molecule has 1 heterocycles. The van der Waals surface area contributed by atoms with Crippen LogP contribution in [-0.2, 0) is 22.6 Å². The molecule has 134 valence electrons. The summed E-state index contributed by atoms with van der Waals surface area (Å²) in [5.41, 5.74) is 3.28. The van der Waals surface area contributed by atoms with Crippen molar-refractivity contribution in [1.82, 2.24) is 14.9 Å². The number of aromatic amines is 1. The molecular weight excluding hydrogens is 326 g/mol. The number of ether oxygens (including phenoxy) is 1. The minimum Gasteiger partial charge on any atom is -0.462 e. The van der Waals surface area contributed by atoms with Crippen molar-refractivity contribution in [3.8, 4) is 0 Å². The second-order valence-corrected chi connectivity index (χ2v) is 6.13. The number of carbonyl (C=O) groups is 1. The first-order chi connectivity index (χ1) is 12.7. The summed E-state index contributed by atoms with van der Waals surface area (Å²) in [7, 11) is 0. The van der Waals surface area contributed by atoms with Crippen LogP contribution >= 0.6 is 0 Å². The molecule has 0 atom stereocenters. The molecule has 2 aromatic carbocycles. The van der Waals surface area contributed by atoms with Crippen molar-refractivity contribution in [1.29, 1.82) is 0 Å². The number of imidazole rings is 1. The normalized spacial score (nSPS) is 11.5. The molecule has 0 spiro atoms. The second kappa shape index (κ2) is 8.97. The third-order valence-electron chi connectivity index (χ3n) is 3.97. The van der Waals surface area contributed by atoms with Crippen molar-refractivity contribution in [2.24, 2.45) is 0 Å². The summed E-state index contributed by atoms with van der Waals surface area (Å²) in [4.78, 5) is 21.2. The molecular formula is C21H23N3O2. The van der Waals surface area contributed by atoms with Crippen LogP contribution in [0.2, 0.25) is 0 Å². The summed E-state index contributed by atoms with van der Waals surface area (Å²) in [6.45, 7) is 3.99. The molecule has 0 aliphatic rings. The first kappa shape index (κ1) is 17.9. The molecule has 3 aromatic rings. The van der Waals surface area contributed by atoms with Crippen LogP contribution < -0.4 is 0 Å². The fourth-order valence-electron chi connectivity index (χ4n) is 2.78. The van der Waals surface area contributed by atoms with E-state index in [1.54, 1.807) is 0 Å². The summed E-state index contributed by atoms with van der Waals surface area (Å²) in [5, 5.41) is 0. The molecule has 3 rings (SSSR count). The van der Waals surface area contributed by atoms with E-state index in [1.165, 1.54) is 12.5 Å². The zero-order valence-corrected chi connectivity index (χ0v) is 14.9. The van der Waals surface area contributed by atoms with E-state index < -0.39 is 0 Å². The molecule has 1 N–H and O–H groups in total. The third kappa shape index (κ3) is 5.29. The van der Waals surface area contributed by atoms with Gasteiger partial charge in [-0.3, -0.25) is 9.69 Å². The van der Waals surface area contributed by atoms with Crippen molar-refractivity contribution in [2.45, 2.75) is 20.0 Å². The minimum atomic E-state index is -0.266. The largest absolute Gasteiger partial charge is 0.462 e. The molecule has 26 heavy (non-hydrogen) atoms. The molecule has 5 nitrogen and oxygen atoms in total. The van der Waals surface area contributed by atoms with E-state index in [0.717, 1.165) is 29.9 Å². The number of hydrogen-bond donors (Lipinski definition) is 1. The zero-order valence-electron chi connectivity index (χ0n) is 14.9. The predicted octanol–water partition coefficient (Wildman–Crippen LogP) is 3.68. The van der Waals surface area contributed by atoms with E-state index in [1.807, 2.05) is 54.6 Å². The Morgan fingerprint density at radius 2 is 1.85 bits per heavy atom. The molecule has 0 fully saturated rings. The van der Waals surface area contributed by atoms with Crippen LogP contribution in [0.25, 0.3) is 11.0 Å². The first-order valence-corrected chi connectivity index (χ1v) is 8.69. The van der Waals surface area contributed by atoms with E-state index in [2.05, 4.69) is 27.0 Å². The van der Waals surface area contributed by atoms with Gasteiger partial charge in [-0.1, -0.05) is 48.5 Å². The van der Waals surface area contributed by atoms with Gasteiger partial charge in [-0.05, 0) is 23.8 Å². The van der Waals surface area contributed by atoms with Crippen LogP contribution in [-0.4, -0.2) is 34.0 Å². The Hall–Kier alpha value is -2.92. The minimum absolute atomic E-state index is 0.266. The van der Waals surface area contributed by atoms with Gasteiger partial charge < -0.3 is 9.72 Å². The number of nitrogens with one attached hydrogen (secondary N) is 1. The Bertz CT molecular complexity index is 838. The van der Waals surface area contributed by atoms with E-state index in [-0.39, 0.29) is 5.97 Å². The number of carbonyl (C=O) groups excluding carboxylic acids is 1. The third-order valence-corrected chi connectivity index (χ3v) is 3.97. The fourth-order valence-corrected chi connectivity index (χ4v) is 2.78. The average molecular weight is 349 g/mol. The van der Waals surface area contributed by atoms with Crippen LogP contribution in [0.1, 0.15) is 18.3 Å². The Kier molecular flexibility index (Phi) is 6.17. The molecule has 0 aliphatic carbocycles. The molecule has 0 radical (unpaired) electrons. The first-order valence-electron chi connectivity index (χ1n) is 8.69. The highest BCUT2D eigenvalue weighted by Gasteiger charge is 2.09. The van der Waals surface area contributed by atoms with Crippen molar-refractivity contribution < 1.29 is 9.53 Å². The molecule has 0 unspecified atom stereocenters. The van der Waals surface area contributed by atoms with E-state index in [9.17, 15) is 4.79 Å². The second-order valence-electron chi connectivity index (χ2n) is 6.13. The molecule has 0 saturated heterocycles. The van der Waals surface area contributed by atoms with Gasteiger partial charge in [-0.25, -0.2) is 4.98 Å². The molecule has 0 bridgehead atoms. The number of aromatic nitrogens is 2. The summed E-state index contributed by atoms with van der Waals surface area (Å²) in [6.07, 6.45) is 3.90. The van der Waals surface area contributed by atoms with Gasteiger partial charge in [0.15, 0.2) is 0 Å². The number of benzene rings is 2. The molecule has 5 heteroatoms. The Labute approximate surface area is 153 Å². The van der Waals surface area contributed by atoms with Gasteiger partial charge in [0.25, 0.3) is 0 Å². The van der Waals surface area contributed by atoms with Crippen LogP contribution in [0.5, 0.6) is 0 Å². The van der Waals surface area contributed by atoms with Crippen molar-refractivity contribution in [3.63, 3.8) is 0 Å². The lowest BCUT2D eigenvalue weighted by Crippen LogP contribution is -2.23. The topological polar surface area (TPSA) is 58.2 Å². The maximum atomic E-state index is 10.8. The highest BCUT2D eigenvalue weighted by molar-refractivity contribution is 5.74.